The summed E-state index contributed by atoms with van der Waals surface area (Å²) in [5.74, 6) is 0. The zero-order valence-electron chi connectivity index (χ0n) is 5.46. The Morgan fingerprint density at radius 3 is 1.20 bits per heavy atom. The van der Waals surface area contributed by atoms with Gasteiger partial charge in [-0.3, -0.25) is 0 Å². The van der Waals surface area contributed by atoms with E-state index in [4.69, 9.17) is 4.74 Å². The van der Waals surface area contributed by atoms with E-state index in [1.54, 1.807) is 0 Å². The van der Waals surface area contributed by atoms with Crippen molar-refractivity contribution >= 4 is 0 Å². The molecule has 0 spiro atoms. The van der Waals surface area contributed by atoms with E-state index in [0.717, 1.165) is 13.2 Å². The number of rotatable bonds is 0. The average Bonchev–Trinajstić information content (AvgIpc) is 1.72. The van der Waals surface area contributed by atoms with Crippen LogP contribution in [0.5, 0.6) is 0 Å². The van der Waals surface area contributed by atoms with Crippen LogP contribution < -0.4 is 37.2 Å². The molecule has 0 atom stereocenters. The second kappa shape index (κ2) is 16.7. The summed E-state index contributed by atoms with van der Waals surface area (Å²) < 4.78 is 5.07. The molecule has 1 heterocycles. The van der Waals surface area contributed by atoms with Gasteiger partial charge in [0.2, 0.25) is 0 Å². The maximum absolute atomic E-state index is 5.07. The summed E-state index contributed by atoms with van der Waals surface area (Å²) in [5.41, 5.74) is 0. The van der Waals surface area contributed by atoms with Crippen LogP contribution in [0.4, 0.5) is 0 Å². The number of hydrogen-bond donors (Lipinski definition) is 0. The zero-order valence-corrected chi connectivity index (χ0v) is 8.90. The summed E-state index contributed by atoms with van der Waals surface area (Å²) in [6, 6.07) is 0. The van der Waals surface area contributed by atoms with E-state index in [0.29, 0.717) is 0 Å². The minimum atomic E-state index is 0. The van der Waals surface area contributed by atoms with Crippen LogP contribution in [0, 0.1) is 0 Å². The van der Waals surface area contributed by atoms with Crippen molar-refractivity contribution in [3.05, 3.63) is 0 Å². The quantitative estimate of drug-likeness (QED) is 0.387. The smallest absolute Gasteiger partial charge is 1.00 e. The largest absolute Gasteiger partial charge is 3.00 e. The van der Waals surface area contributed by atoms with Crippen molar-refractivity contribution in [1.29, 1.82) is 0 Å². The van der Waals surface area contributed by atoms with Gasteiger partial charge in [0.05, 0.1) is 0 Å². The molecular weight excluding hydrogens is 237 g/mol. The maximum Gasteiger partial charge on any atom is 3.00 e. The molecule has 0 aromatic rings. The van der Waals surface area contributed by atoms with Crippen LogP contribution in [0.3, 0.4) is 0 Å². The van der Waals surface area contributed by atoms with Crippen LogP contribution in [0.2, 0.25) is 0 Å². The Kier molecular flexibility index (Phi) is 37.7. The second-order valence-electron chi connectivity index (χ2n) is 1.67. The summed E-state index contributed by atoms with van der Waals surface area (Å²) in [6.45, 7) is 2.00. The van der Waals surface area contributed by atoms with Gasteiger partial charge in [0, 0.05) is 13.2 Å². The van der Waals surface area contributed by atoms with Crippen LogP contribution >= 0.6 is 0 Å². The van der Waals surface area contributed by atoms with Crippen molar-refractivity contribution in [3.63, 3.8) is 0 Å². The van der Waals surface area contributed by atoms with E-state index in [9.17, 15) is 0 Å². The van der Waals surface area contributed by atoms with Gasteiger partial charge in [-0.2, -0.15) is 0 Å². The van der Waals surface area contributed by atoms with Crippen LogP contribution in [0.25, 0.3) is 0 Å². The summed E-state index contributed by atoms with van der Waals surface area (Å²) >= 11 is 0. The minimum absolute atomic E-state index is 0. The zero-order chi connectivity index (χ0) is 4.24. The van der Waals surface area contributed by atoms with Crippen molar-refractivity contribution in [2.24, 2.45) is 0 Å². The first-order chi connectivity index (χ1) is 3.00. The SMILES string of the molecule is C1CCOCC1.[Cl-].[Cl-].[Cl-].[Mn+3]. The fraction of sp³-hybridized carbons (Fsp3) is 1.00. The third kappa shape index (κ3) is 12.1. The van der Waals surface area contributed by atoms with Gasteiger partial charge in [-0.05, 0) is 19.3 Å². The van der Waals surface area contributed by atoms with E-state index in [1.165, 1.54) is 19.3 Å². The molecule has 0 unspecified atom stereocenters. The molecule has 1 saturated heterocycles. The molecule has 0 bridgehead atoms. The normalized spacial score (nSPS) is 14.4. The van der Waals surface area contributed by atoms with Crippen molar-refractivity contribution < 1.29 is 59.0 Å². The molecule has 1 aliphatic heterocycles. The Labute approximate surface area is 91.4 Å². The van der Waals surface area contributed by atoms with Crippen LogP contribution in [0.1, 0.15) is 19.3 Å². The molecule has 1 rings (SSSR count). The van der Waals surface area contributed by atoms with E-state index < -0.39 is 0 Å². The molecule has 0 saturated carbocycles. The van der Waals surface area contributed by atoms with Gasteiger partial charge in [-0.25, -0.2) is 0 Å². The predicted molar refractivity (Wildman–Crippen MR) is 24.7 cm³/mol. The number of hydrogen-bond acceptors (Lipinski definition) is 1. The Bertz CT molecular complexity index is 32.4. The van der Waals surface area contributed by atoms with Gasteiger partial charge < -0.3 is 42.0 Å². The Morgan fingerprint density at radius 2 is 1.10 bits per heavy atom. The average molecular weight is 247 g/mol. The minimum Gasteiger partial charge on any atom is -1.00 e. The molecular formula is C5H10Cl3MnO. The van der Waals surface area contributed by atoms with Gasteiger partial charge in [0.25, 0.3) is 0 Å². The molecule has 0 aliphatic carbocycles. The monoisotopic (exact) mass is 246 g/mol. The van der Waals surface area contributed by atoms with Gasteiger partial charge in [0.1, 0.15) is 0 Å². The fourth-order valence-corrected chi connectivity index (χ4v) is 0.687. The second-order valence-corrected chi connectivity index (χ2v) is 1.67. The fourth-order valence-electron chi connectivity index (χ4n) is 0.687. The maximum atomic E-state index is 5.07. The number of halogens is 3. The van der Waals surface area contributed by atoms with Gasteiger partial charge in [-0.1, -0.05) is 0 Å². The third-order valence-corrected chi connectivity index (χ3v) is 1.08. The molecule has 0 amide bonds. The Morgan fingerprint density at radius 1 is 0.700 bits per heavy atom. The van der Waals surface area contributed by atoms with Crippen LogP contribution in [0.15, 0.2) is 0 Å². The van der Waals surface area contributed by atoms with Gasteiger partial charge >= 0.3 is 17.1 Å². The predicted octanol–water partition coefficient (Wildman–Crippen LogP) is -7.80. The Hall–Kier alpha value is 1.35. The summed E-state index contributed by atoms with van der Waals surface area (Å²) in [6.07, 6.45) is 3.93. The molecule has 10 heavy (non-hydrogen) atoms. The van der Waals surface area contributed by atoms with E-state index in [1.807, 2.05) is 0 Å². The summed E-state index contributed by atoms with van der Waals surface area (Å²) in [7, 11) is 0. The molecule has 0 radical (unpaired) electrons. The molecule has 5 heteroatoms. The summed E-state index contributed by atoms with van der Waals surface area (Å²) in [5, 5.41) is 0. The van der Waals surface area contributed by atoms with E-state index in [2.05, 4.69) is 0 Å². The first-order valence-electron chi connectivity index (χ1n) is 2.58. The molecule has 1 nitrogen and oxygen atoms in total. The van der Waals surface area contributed by atoms with Crippen molar-refractivity contribution in [1.82, 2.24) is 0 Å². The molecule has 0 N–H and O–H groups in total. The van der Waals surface area contributed by atoms with Gasteiger partial charge in [-0.15, -0.1) is 0 Å². The number of ether oxygens (including phenoxy) is 1. The van der Waals surface area contributed by atoms with Crippen LogP contribution in [-0.4, -0.2) is 13.2 Å². The summed E-state index contributed by atoms with van der Waals surface area (Å²) in [4.78, 5) is 0. The first-order valence-corrected chi connectivity index (χ1v) is 2.58. The van der Waals surface area contributed by atoms with Crippen molar-refractivity contribution in [3.8, 4) is 0 Å². The third-order valence-electron chi connectivity index (χ3n) is 1.08. The molecule has 0 aromatic carbocycles. The van der Waals surface area contributed by atoms with E-state index >= 15 is 0 Å². The molecule has 1 aliphatic rings. The van der Waals surface area contributed by atoms with E-state index in [-0.39, 0.29) is 54.3 Å². The van der Waals surface area contributed by atoms with Gasteiger partial charge in [0.15, 0.2) is 0 Å². The molecule has 1 fully saturated rings. The molecule has 0 aromatic heterocycles. The van der Waals surface area contributed by atoms with Crippen LogP contribution in [-0.2, 0) is 21.8 Å². The Balaban J connectivity index is -0.0000000450. The standard InChI is InChI=1S/C5H10O.3ClH.Mn/c1-2-4-6-5-3-1;;;;/h1-5H2;3*1H;/q;;;;+3/p-3. The van der Waals surface area contributed by atoms with Crippen molar-refractivity contribution in [2.75, 3.05) is 13.2 Å². The first kappa shape index (κ1) is 22.5. The topological polar surface area (TPSA) is 9.23 Å². The molecule has 64 valence electrons. The van der Waals surface area contributed by atoms with Crippen molar-refractivity contribution in [2.45, 2.75) is 19.3 Å².